The lowest BCUT2D eigenvalue weighted by atomic mass is 10.1. The van der Waals surface area contributed by atoms with E-state index in [0.717, 1.165) is 16.5 Å². The Hall–Kier alpha value is -1.42. The molecule has 0 radical (unpaired) electrons. The van der Waals surface area contributed by atoms with Crippen LogP contribution in [0.1, 0.15) is 26.3 Å². The lowest BCUT2D eigenvalue weighted by Gasteiger charge is -2.20. The number of hydrogen-bond acceptors (Lipinski definition) is 4. The van der Waals surface area contributed by atoms with Crippen LogP contribution in [0.25, 0.3) is 10.9 Å². The van der Waals surface area contributed by atoms with Gasteiger partial charge < -0.3 is 10.6 Å². The van der Waals surface area contributed by atoms with Crippen LogP contribution in [0.15, 0.2) is 41.5 Å². The fourth-order valence-electron chi connectivity index (χ4n) is 2.32. The van der Waals surface area contributed by atoms with Gasteiger partial charge in [0.15, 0.2) is 15.8 Å². The molecule has 6 nitrogen and oxygen atoms in total. The summed E-state index contributed by atoms with van der Waals surface area (Å²) in [6, 6.07) is 9.92. The van der Waals surface area contributed by atoms with E-state index in [1.54, 1.807) is 34.0 Å². The van der Waals surface area contributed by atoms with Crippen molar-refractivity contribution in [1.82, 2.24) is 15.6 Å². The van der Waals surface area contributed by atoms with Gasteiger partial charge in [-0.2, -0.15) is 0 Å². The molecule has 26 heavy (non-hydrogen) atoms. The van der Waals surface area contributed by atoms with Crippen molar-refractivity contribution in [3.8, 4) is 0 Å². The summed E-state index contributed by atoms with van der Waals surface area (Å²) in [6.45, 7) is 6.03. The Morgan fingerprint density at radius 2 is 1.85 bits per heavy atom. The third-order valence-corrected chi connectivity index (χ3v) is 6.61. The molecule has 2 N–H and O–H groups in total. The van der Waals surface area contributed by atoms with Crippen LogP contribution in [0, 0.1) is 0 Å². The molecule has 2 aromatic rings. The molecule has 0 saturated heterocycles. The Balaban J connectivity index is 0.00000338. The fraction of sp³-hybridized carbons (Fsp3) is 0.444. The minimum Gasteiger partial charge on any atom is -0.355 e. The van der Waals surface area contributed by atoms with Gasteiger partial charge in [0.2, 0.25) is 0 Å². The fourth-order valence-corrected chi connectivity index (χ4v) is 3.30. The Morgan fingerprint density at radius 1 is 1.15 bits per heavy atom. The zero-order valence-electron chi connectivity index (χ0n) is 15.6. The molecular formula is C18H27IN4O2S. The predicted octanol–water partition coefficient (Wildman–Crippen LogP) is 2.73. The maximum atomic E-state index is 12.1. The number of aliphatic imine (C=N–C) groups is 1. The Kier molecular flexibility index (Phi) is 8.26. The van der Waals surface area contributed by atoms with Gasteiger partial charge in [0.1, 0.15) is 0 Å². The molecule has 1 aromatic heterocycles. The topological polar surface area (TPSA) is 83.5 Å². The first kappa shape index (κ1) is 22.6. The molecule has 0 aliphatic heterocycles. The van der Waals surface area contributed by atoms with E-state index in [-0.39, 0.29) is 29.7 Å². The number of para-hydroxylation sites is 1. The lowest BCUT2D eigenvalue weighted by molar-refractivity contribution is 0.559. The van der Waals surface area contributed by atoms with Crippen molar-refractivity contribution in [2.45, 2.75) is 32.1 Å². The largest absolute Gasteiger partial charge is 0.355 e. The Bertz CT molecular complexity index is 856. The molecule has 0 amide bonds. The summed E-state index contributed by atoms with van der Waals surface area (Å²) in [6.07, 6.45) is 1.78. The minimum atomic E-state index is -3.15. The van der Waals surface area contributed by atoms with Gasteiger partial charge in [-0.1, -0.05) is 18.2 Å². The summed E-state index contributed by atoms with van der Waals surface area (Å²) in [5.74, 6) is 0.639. The van der Waals surface area contributed by atoms with Gasteiger partial charge in [-0.15, -0.1) is 24.0 Å². The number of halogens is 1. The van der Waals surface area contributed by atoms with Crippen LogP contribution in [-0.2, 0) is 16.4 Å². The van der Waals surface area contributed by atoms with Crippen molar-refractivity contribution in [1.29, 1.82) is 0 Å². The zero-order valence-corrected chi connectivity index (χ0v) is 18.8. The molecule has 0 aliphatic rings. The summed E-state index contributed by atoms with van der Waals surface area (Å²) in [5.41, 5.74) is 2.05. The molecule has 0 bridgehead atoms. The highest BCUT2D eigenvalue weighted by Crippen LogP contribution is 2.16. The number of aromatic nitrogens is 1. The van der Waals surface area contributed by atoms with Gasteiger partial charge in [0.25, 0.3) is 0 Å². The van der Waals surface area contributed by atoms with E-state index in [4.69, 9.17) is 0 Å². The van der Waals surface area contributed by atoms with Crippen molar-refractivity contribution < 1.29 is 8.42 Å². The number of benzene rings is 1. The molecule has 0 fully saturated rings. The maximum Gasteiger partial charge on any atom is 0.191 e. The van der Waals surface area contributed by atoms with Gasteiger partial charge in [0.05, 0.1) is 16.0 Å². The first-order valence-electron chi connectivity index (χ1n) is 8.24. The normalized spacial score (nSPS) is 12.5. The van der Waals surface area contributed by atoms with Crippen LogP contribution in [0.5, 0.6) is 0 Å². The SMILES string of the molecule is CN=C(NCCS(=O)(=O)C(C)(C)C)NCc1ccnc2ccccc12.I. The van der Waals surface area contributed by atoms with E-state index in [1.165, 1.54) is 0 Å². The molecule has 2 rings (SSSR count). The highest BCUT2D eigenvalue weighted by Gasteiger charge is 2.28. The van der Waals surface area contributed by atoms with Gasteiger partial charge in [-0.05, 0) is 38.5 Å². The number of sulfone groups is 1. The first-order valence-corrected chi connectivity index (χ1v) is 9.89. The summed E-state index contributed by atoms with van der Waals surface area (Å²) < 4.78 is 23.5. The van der Waals surface area contributed by atoms with Gasteiger partial charge in [-0.3, -0.25) is 9.98 Å². The molecule has 1 aromatic carbocycles. The van der Waals surface area contributed by atoms with Gasteiger partial charge in [0, 0.05) is 31.7 Å². The predicted molar refractivity (Wildman–Crippen MR) is 119 cm³/mol. The number of nitrogens with one attached hydrogen (secondary N) is 2. The van der Waals surface area contributed by atoms with Crippen molar-refractivity contribution >= 4 is 50.7 Å². The Labute approximate surface area is 172 Å². The maximum absolute atomic E-state index is 12.1. The zero-order chi connectivity index (χ0) is 18.5. The van der Waals surface area contributed by atoms with Crippen LogP contribution >= 0.6 is 24.0 Å². The van der Waals surface area contributed by atoms with Crippen molar-refractivity contribution in [2.75, 3.05) is 19.3 Å². The molecule has 144 valence electrons. The van der Waals surface area contributed by atoms with Crippen LogP contribution < -0.4 is 10.6 Å². The monoisotopic (exact) mass is 490 g/mol. The summed E-state index contributed by atoms with van der Waals surface area (Å²) >= 11 is 0. The molecule has 0 unspecified atom stereocenters. The molecule has 0 atom stereocenters. The third kappa shape index (κ3) is 5.80. The van der Waals surface area contributed by atoms with Gasteiger partial charge in [-0.25, -0.2) is 8.42 Å². The second kappa shape index (κ2) is 9.50. The second-order valence-electron chi connectivity index (χ2n) is 6.77. The van der Waals surface area contributed by atoms with E-state index in [1.807, 2.05) is 30.3 Å². The highest BCUT2D eigenvalue weighted by molar-refractivity contribution is 14.0. The van der Waals surface area contributed by atoms with Crippen LogP contribution in [-0.4, -0.2) is 43.5 Å². The van der Waals surface area contributed by atoms with Crippen LogP contribution in [0.3, 0.4) is 0 Å². The third-order valence-electron chi connectivity index (χ3n) is 4.01. The number of rotatable bonds is 5. The average molecular weight is 490 g/mol. The molecule has 0 saturated carbocycles. The summed E-state index contributed by atoms with van der Waals surface area (Å²) in [5, 5.41) is 7.37. The van der Waals surface area contributed by atoms with E-state index in [0.29, 0.717) is 19.0 Å². The minimum absolute atomic E-state index is 0. The molecular weight excluding hydrogens is 463 g/mol. The molecule has 1 heterocycles. The number of hydrogen-bond donors (Lipinski definition) is 2. The molecule has 0 spiro atoms. The van der Waals surface area contributed by atoms with E-state index in [9.17, 15) is 8.42 Å². The molecule has 0 aliphatic carbocycles. The van der Waals surface area contributed by atoms with Crippen LogP contribution in [0.2, 0.25) is 0 Å². The number of fused-ring (bicyclic) bond motifs is 1. The Morgan fingerprint density at radius 3 is 2.50 bits per heavy atom. The van der Waals surface area contributed by atoms with E-state index < -0.39 is 14.6 Å². The quantitative estimate of drug-likeness (QED) is 0.383. The summed E-state index contributed by atoms with van der Waals surface area (Å²) in [7, 11) is -1.49. The number of guanidine groups is 1. The van der Waals surface area contributed by atoms with E-state index in [2.05, 4.69) is 20.6 Å². The number of nitrogens with zero attached hydrogens (tertiary/aromatic N) is 2. The average Bonchev–Trinajstić information content (AvgIpc) is 2.56. The highest BCUT2D eigenvalue weighted by atomic mass is 127. The second-order valence-corrected chi connectivity index (χ2v) is 9.63. The van der Waals surface area contributed by atoms with Crippen molar-refractivity contribution in [3.63, 3.8) is 0 Å². The van der Waals surface area contributed by atoms with Gasteiger partial charge >= 0.3 is 0 Å². The molecule has 8 heteroatoms. The lowest BCUT2D eigenvalue weighted by Crippen LogP contribution is -2.41. The van der Waals surface area contributed by atoms with Crippen molar-refractivity contribution in [3.05, 3.63) is 42.1 Å². The van der Waals surface area contributed by atoms with E-state index >= 15 is 0 Å². The standard InChI is InChI=1S/C18H26N4O2S.HI/c1-18(2,3)25(23,24)12-11-21-17(19-4)22-13-14-9-10-20-16-8-6-5-7-15(14)16;/h5-10H,11-13H2,1-4H3,(H2,19,21,22);1H. The number of pyridine rings is 1. The summed E-state index contributed by atoms with van der Waals surface area (Å²) in [4.78, 5) is 8.50. The van der Waals surface area contributed by atoms with Crippen molar-refractivity contribution in [2.24, 2.45) is 4.99 Å². The smallest absolute Gasteiger partial charge is 0.191 e. The van der Waals surface area contributed by atoms with Crippen LogP contribution in [0.4, 0.5) is 0 Å². The first-order chi connectivity index (χ1) is 11.7.